The molecular formula is C84H72B2N2Si. The minimum atomic E-state index is -3.44. The van der Waals surface area contributed by atoms with Crippen molar-refractivity contribution in [1.29, 1.82) is 0 Å². The summed E-state index contributed by atoms with van der Waals surface area (Å²) in [5.74, 6) is 0. The molecule has 0 radical (unpaired) electrons. The lowest BCUT2D eigenvalue weighted by atomic mass is 9.32. The molecule has 0 bridgehead atoms. The minimum absolute atomic E-state index is 0.0754. The fraction of sp³-hybridized carbons (Fsp3) is 0.143. The summed E-state index contributed by atoms with van der Waals surface area (Å²) < 4.78 is 5.22. The van der Waals surface area contributed by atoms with Crippen molar-refractivity contribution in [3.05, 3.63) is 285 Å². The van der Waals surface area contributed by atoms with Gasteiger partial charge in [-0.25, -0.2) is 0 Å². The molecule has 0 saturated heterocycles. The maximum absolute atomic E-state index is 3.44. The maximum Gasteiger partial charge on any atom is 0.243 e. The highest BCUT2D eigenvalue weighted by molar-refractivity contribution is 7.25. The summed E-state index contributed by atoms with van der Waals surface area (Å²) in [6.07, 6.45) is 0. The molecule has 89 heavy (non-hydrogen) atoms. The molecule has 1 spiro atoms. The van der Waals surface area contributed by atoms with Crippen molar-refractivity contribution in [3.63, 3.8) is 0 Å². The van der Waals surface area contributed by atoms with E-state index in [-0.39, 0.29) is 13.4 Å². The van der Waals surface area contributed by atoms with Crippen LogP contribution in [0.5, 0.6) is 0 Å². The first-order valence-electron chi connectivity index (χ1n) is 32.0. The number of fused-ring (bicyclic) bond motifs is 16. The van der Waals surface area contributed by atoms with Crippen LogP contribution in [0.3, 0.4) is 0 Å². The summed E-state index contributed by atoms with van der Waals surface area (Å²) in [7, 11) is -3.44. The average molecular weight is 1160 g/mol. The van der Waals surface area contributed by atoms with Crippen molar-refractivity contribution in [2.24, 2.45) is 0 Å². The zero-order chi connectivity index (χ0) is 61.0. The lowest BCUT2D eigenvalue weighted by molar-refractivity contribution is 1.17. The van der Waals surface area contributed by atoms with Gasteiger partial charge in [0, 0.05) is 32.7 Å². The van der Waals surface area contributed by atoms with Crippen LogP contribution in [0.4, 0.5) is 0 Å². The van der Waals surface area contributed by atoms with Crippen molar-refractivity contribution in [2.45, 2.75) is 83.1 Å². The standard InChI is InChI=1S/C84H72B2N2Si/c1-49-41-53(5)81(54(6)42-49)85(82-55(7)43-50(2)44-56(82)8)65-29-21-37-73-77(65)78-66(86(83-57(9)45-51(3)46-58(83)10)84-59(11)47-52(4)48-60(84)12)30-22-38-74(78)89(73)75-39-23-35-71(87-67-31-17-13-25-61(67)62-26-14-18-32-68(62)87)79(75)80-72(36-24-40-76(80)89)88-69-33-19-15-27-63(69)64-28-16-20-34-70(64)88/h13-48H,1-12H3. The lowest BCUT2D eigenvalue weighted by Gasteiger charge is -2.29. The number of aryl methyl sites for hydroxylation is 12. The van der Waals surface area contributed by atoms with E-state index in [0.29, 0.717) is 0 Å². The Morgan fingerprint density at radius 2 is 0.483 bits per heavy atom. The van der Waals surface area contributed by atoms with Crippen LogP contribution in [0.1, 0.15) is 66.8 Å². The summed E-state index contributed by atoms with van der Waals surface area (Å²) >= 11 is 0. The molecule has 0 saturated carbocycles. The molecule has 2 nitrogen and oxygen atoms in total. The number of benzene rings is 12. The van der Waals surface area contributed by atoms with Gasteiger partial charge in [0.1, 0.15) is 0 Å². The van der Waals surface area contributed by atoms with E-state index in [1.54, 1.807) is 0 Å². The SMILES string of the molecule is Cc1cc(C)c(B(c2cccc3c2-c2c(B(c4c(C)cc(C)cc4C)c4c(C)cc(C)cc4C)cccc2[Si]32c3cccc(-n4c5ccccc5c5ccccc54)c3-c3c(-n4c5ccccc5c5ccccc54)cccc32)c2c(C)cc(C)cc2C)c(C)c1. The molecule has 428 valence electrons. The van der Waals surface area contributed by atoms with Crippen LogP contribution in [0.15, 0.2) is 218 Å². The molecule has 12 aromatic carbocycles. The summed E-state index contributed by atoms with van der Waals surface area (Å²) in [6.45, 7) is 27.9. The quantitative estimate of drug-likeness (QED) is 0.134. The van der Waals surface area contributed by atoms with Gasteiger partial charge >= 0.3 is 0 Å². The van der Waals surface area contributed by atoms with Crippen LogP contribution in [-0.4, -0.2) is 30.6 Å². The van der Waals surface area contributed by atoms with Crippen LogP contribution in [-0.2, 0) is 0 Å². The van der Waals surface area contributed by atoms with Gasteiger partial charge < -0.3 is 9.13 Å². The normalized spacial score (nSPS) is 12.8. The lowest BCUT2D eigenvalue weighted by Crippen LogP contribution is -2.71. The first-order valence-corrected chi connectivity index (χ1v) is 34.0. The largest absolute Gasteiger partial charge is 0.309 e. The van der Waals surface area contributed by atoms with Crippen LogP contribution in [0.25, 0.3) is 77.2 Å². The number of para-hydroxylation sites is 4. The van der Waals surface area contributed by atoms with Crippen LogP contribution in [0.2, 0.25) is 0 Å². The van der Waals surface area contributed by atoms with E-state index in [2.05, 4.69) is 311 Å². The third-order valence-electron chi connectivity index (χ3n) is 20.8. The second kappa shape index (κ2) is 20.3. The predicted molar refractivity (Wildman–Crippen MR) is 389 cm³/mol. The molecule has 5 heteroatoms. The Morgan fingerprint density at radius 3 is 0.753 bits per heavy atom. The topological polar surface area (TPSA) is 9.86 Å². The van der Waals surface area contributed by atoms with Crippen LogP contribution in [0, 0.1) is 83.1 Å². The second-order valence-electron chi connectivity index (χ2n) is 26.5. The zero-order valence-electron chi connectivity index (χ0n) is 53.3. The Balaban J connectivity index is 1.14. The molecule has 0 aliphatic carbocycles. The number of hydrogen-bond acceptors (Lipinski definition) is 0. The molecular weight excluding hydrogens is 1090 g/mol. The van der Waals surface area contributed by atoms with Gasteiger partial charge in [0.05, 0.1) is 33.4 Å². The van der Waals surface area contributed by atoms with E-state index < -0.39 is 8.07 Å². The summed E-state index contributed by atoms with van der Waals surface area (Å²) in [5.41, 5.74) is 37.0. The molecule has 2 aromatic heterocycles. The van der Waals surface area contributed by atoms with Gasteiger partial charge in [-0.1, -0.05) is 282 Å². The minimum Gasteiger partial charge on any atom is -0.309 e. The third kappa shape index (κ3) is 7.83. The fourth-order valence-corrected chi connectivity index (χ4v) is 23.8. The predicted octanol–water partition coefficient (Wildman–Crippen LogP) is 14.0. The van der Waals surface area contributed by atoms with Crippen molar-refractivity contribution in [2.75, 3.05) is 0 Å². The highest BCUT2D eigenvalue weighted by Gasteiger charge is 2.57. The fourth-order valence-electron chi connectivity index (χ4n) is 18.1. The Kier molecular flexibility index (Phi) is 12.5. The van der Waals surface area contributed by atoms with E-state index >= 15 is 0 Å². The number of aromatic nitrogens is 2. The first-order chi connectivity index (χ1) is 43.1. The summed E-state index contributed by atoms with van der Waals surface area (Å²) in [5, 5.41) is 10.9. The molecule has 2 aliphatic rings. The third-order valence-corrected chi connectivity index (χ3v) is 25.7. The monoisotopic (exact) mass is 1160 g/mol. The summed E-state index contributed by atoms with van der Waals surface area (Å²) in [6, 6.07) is 85.8. The Bertz CT molecular complexity index is 4730. The molecule has 0 amide bonds. The zero-order valence-corrected chi connectivity index (χ0v) is 54.3. The van der Waals surface area contributed by atoms with Gasteiger partial charge in [-0.2, -0.15) is 0 Å². The Hall–Kier alpha value is -9.41. The van der Waals surface area contributed by atoms with Gasteiger partial charge in [0.25, 0.3) is 0 Å². The van der Waals surface area contributed by atoms with E-state index in [9.17, 15) is 0 Å². The highest BCUT2D eigenvalue weighted by Crippen LogP contribution is 2.45. The van der Waals surface area contributed by atoms with Crippen molar-refractivity contribution in [3.8, 4) is 33.6 Å². The Morgan fingerprint density at radius 1 is 0.247 bits per heavy atom. The van der Waals surface area contributed by atoms with E-state index in [0.717, 1.165) is 0 Å². The van der Waals surface area contributed by atoms with Gasteiger partial charge in [0.15, 0.2) is 8.07 Å². The molecule has 14 aromatic rings. The number of hydrogen-bond donors (Lipinski definition) is 0. The number of rotatable bonds is 8. The molecule has 0 unspecified atom stereocenters. The van der Waals surface area contributed by atoms with E-state index in [4.69, 9.17) is 0 Å². The second-order valence-corrected chi connectivity index (χ2v) is 30.2. The first kappa shape index (κ1) is 54.9. The van der Waals surface area contributed by atoms with Crippen molar-refractivity contribution < 1.29 is 0 Å². The smallest absolute Gasteiger partial charge is 0.243 e. The highest BCUT2D eigenvalue weighted by atomic mass is 28.3. The number of nitrogens with zero attached hydrogens (tertiary/aromatic N) is 2. The van der Waals surface area contributed by atoms with Gasteiger partial charge in [0.2, 0.25) is 13.4 Å². The molecule has 2 aliphatic heterocycles. The average Bonchev–Trinajstić information content (AvgIpc) is 1.50. The molecule has 4 heterocycles. The van der Waals surface area contributed by atoms with Crippen molar-refractivity contribution in [1.82, 2.24) is 9.13 Å². The molecule has 0 N–H and O–H groups in total. The van der Waals surface area contributed by atoms with Crippen LogP contribution < -0.4 is 53.5 Å². The van der Waals surface area contributed by atoms with E-state index in [1.165, 1.54) is 198 Å². The summed E-state index contributed by atoms with van der Waals surface area (Å²) in [4.78, 5) is 0. The van der Waals surface area contributed by atoms with E-state index in [1.807, 2.05) is 0 Å². The molecule has 0 atom stereocenters. The van der Waals surface area contributed by atoms with Gasteiger partial charge in [-0.15, -0.1) is 0 Å². The Labute approximate surface area is 526 Å². The van der Waals surface area contributed by atoms with Gasteiger partial charge in [-0.3, -0.25) is 0 Å². The van der Waals surface area contributed by atoms with Crippen LogP contribution >= 0.6 is 0 Å². The van der Waals surface area contributed by atoms with Gasteiger partial charge in [-0.05, 0) is 151 Å². The van der Waals surface area contributed by atoms with Crippen molar-refractivity contribution >= 4 is 119 Å². The molecule has 16 rings (SSSR count). The molecule has 0 fully saturated rings. The maximum atomic E-state index is 2.61.